The van der Waals surface area contributed by atoms with Gasteiger partial charge in [-0.2, -0.15) is 0 Å². The minimum Gasteiger partial charge on any atom is -0.0683 e. The van der Waals surface area contributed by atoms with Crippen molar-refractivity contribution in [2.24, 2.45) is 0 Å². The van der Waals surface area contributed by atoms with E-state index in [0.717, 1.165) is 0 Å². The van der Waals surface area contributed by atoms with Crippen LogP contribution in [0.15, 0.2) is 133 Å². The van der Waals surface area contributed by atoms with E-state index >= 15 is 0 Å². The summed E-state index contributed by atoms with van der Waals surface area (Å²) >= 11 is 0. The first kappa shape index (κ1) is 28.5. The maximum atomic E-state index is 2.38. The molecule has 0 fully saturated rings. The van der Waals surface area contributed by atoms with E-state index in [9.17, 15) is 0 Å². The van der Waals surface area contributed by atoms with Crippen LogP contribution in [0.2, 0.25) is 0 Å². The highest BCUT2D eigenvalue weighted by molar-refractivity contribution is 6.28. The van der Waals surface area contributed by atoms with Gasteiger partial charge in [-0.25, -0.2) is 0 Å². The Kier molecular flexibility index (Phi) is 6.38. The van der Waals surface area contributed by atoms with Crippen LogP contribution in [0.1, 0.15) is 63.8 Å². The highest BCUT2D eigenvalue weighted by atomic mass is 14.5. The molecule has 2 aliphatic carbocycles. The molecule has 0 aliphatic heterocycles. The Bertz CT molecular complexity index is 2420. The highest BCUT2D eigenvalue weighted by Crippen LogP contribution is 2.58. The molecule has 0 amide bonds. The number of hydrogen-bond acceptors (Lipinski definition) is 0. The first-order chi connectivity index (χ1) is 22.4. The fourth-order valence-corrected chi connectivity index (χ4v) is 8.56. The number of rotatable bonds is 0. The Labute approximate surface area is 272 Å². The van der Waals surface area contributed by atoms with Gasteiger partial charge in [0.1, 0.15) is 0 Å². The van der Waals surface area contributed by atoms with Crippen molar-refractivity contribution in [3.63, 3.8) is 0 Å². The molecular weight excluding hydrogens is 553 g/mol. The molecule has 0 heteroatoms. The first-order valence-electron chi connectivity index (χ1n) is 16.8. The average molecular weight is 593 g/mol. The quantitative estimate of drug-likeness (QED) is 0.121. The van der Waals surface area contributed by atoms with Crippen LogP contribution in [0.25, 0.3) is 65.3 Å². The fourth-order valence-electron chi connectivity index (χ4n) is 8.56. The van der Waals surface area contributed by atoms with Gasteiger partial charge in [0.2, 0.25) is 0 Å². The van der Waals surface area contributed by atoms with Crippen LogP contribution in [0, 0.1) is 0 Å². The van der Waals surface area contributed by atoms with Gasteiger partial charge in [-0.05, 0) is 93.7 Å². The molecule has 0 bridgehead atoms. The second-order valence-corrected chi connectivity index (χ2v) is 13.7. The van der Waals surface area contributed by atoms with Crippen LogP contribution in [-0.2, 0) is 10.8 Å². The fraction of sp³-hybridized carbons (Fsp3) is 0.174. The maximum absolute atomic E-state index is 2.38. The molecule has 0 N–H and O–H groups in total. The molecule has 2 aliphatic rings. The van der Waals surface area contributed by atoms with Crippen LogP contribution in [0.4, 0.5) is 0 Å². The van der Waals surface area contributed by atoms with Gasteiger partial charge >= 0.3 is 0 Å². The molecule has 0 spiro atoms. The molecule has 0 atom stereocenters. The summed E-state index contributed by atoms with van der Waals surface area (Å²) < 4.78 is 0. The molecule has 8 aromatic carbocycles. The summed E-state index contributed by atoms with van der Waals surface area (Å²) in [6, 6.07) is 49.1. The van der Waals surface area contributed by atoms with Crippen molar-refractivity contribution in [3.05, 3.63) is 156 Å². The second kappa shape index (κ2) is 10.3. The van der Waals surface area contributed by atoms with Gasteiger partial charge < -0.3 is 0 Å². The number of benzene rings is 8. The van der Waals surface area contributed by atoms with Crippen molar-refractivity contribution in [1.82, 2.24) is 0 Å². The highest BCUT2D eigenvalue weighted by Gasteiger charge is 2.44. The van der Waals surface area contributed by atoms with E-state index in [4.69, 9.17) is 0 Å². The van der Waals surface area contributed by atoms with E-state index in [2.05, 4.69) is 161 Å². The standard InChI is InChI=1S/C24H22.C20H12.C2H6/c1-23(2)19-12-8-6-10-17(19)21-20(23)14-13-16-15-9-5-7-11-18(15)24(3,4)22(16)21;1-2-7-17-15(4-1)12-16-9-8-13-5-3-6-14-10-11-18(17)20(16)19(13)14;1-2/h5-14H,1-4H3;1-12H;1-2H3. The zero-order valence-electron chi connectivity index (χ0n) is 27.7. The maximum Gasteiger partial charge on any atom is 0.0165 e. The van der Waals surface area contributed by atoms with Crippen molar-refractivity contribution in [2.45, 2.75) is 52.4 Å². The molecule has 0 nitrogen and oxygen atoms in total. The van der Waals surface area contributed by atoms with E-state index in [1.807, 2.05) is 13.8 Å². The third-order valence-corrected chi connectivity index (χ3v) is 10.6. The second-order valence-electron chi connectivity index (χ2n) is 13.7. The number of hydrogen-bond donors (Lipinski definition) is 0. The normalized spacial score (nSPS) is 14.7. The lowest BCUT2D eigenvalue weighted by Crippen LogP contribution is -2.18. The Morgan fingerprint density at radius 1 is 0.370 bits per heavy atom. The Morgan fingerprint density at radius 2 is 0.957 bits per heavy atom. The SMILES string of the molecule is CC.CC1(C)c2ccccc2-c2c1ccc1c2C(C)(C)c2ccccc2-1.c1ccc2c(c1)cc1ccc3cccc4ccc2c1c34. The van der Waals surface area contributed by atoms with E-state index in [-0.39, 0.29) is 10.8 Å². The van der Waals surface area contributed by atoms with E-state index in [1.54, 1.807) is 0 Å². The van der Waals surface area contributed by atoms with E-state index in [0.29, 0.717) is 0 Å². The molecule has 0 heterocycles. The summed E-state index contributed by atoms with van der Waals surface area (Å²) in [5, 5.41) is 10.8. The number of fused-ring (bicyclic) bond motifs is 9. The van der Waals surface area contributed by atoms with Gasteiger partial charge in [0.05, 0.1) is 0 Å². The summed E-state index contributed by atoms with van der Waals surface area (Å²) in [5.74, 6) is 0. The monoisotopic (exact) mass is 592 g/mol. The van der Waals surface area contributed by atoms with Gasteiger partial charge in [0, 0.05) is 10.8 Å². The molecule has 0 saturated heterocycles. The molecule has 0 radical (unpaired) electrons. The molecular formula is C46H40. The van der Waals surface area contributed by atoms with Gasteiger partial charge in [-0.1, -0.05) is 169 Å². The summed E-state index contributed by atoms with van der Waals surface area (Å²) in [6.45, 7) is 13.5. The summed E-state index contributed by atoms with van der Waals surface area (Å²) in [6.07, 6.45) is 0. The van der Waals surface area contributed by atoms with Crippen molar-refractivity contribution < 1.29 is 0 Å². The minimum absolute atomic E-state index is 0.0464. The van der Waals surface area contributed by atoms with Crippen LogP contribution < -0.4 is 0 Å². The van der Waals surface area contributed by atoms with Crippen molar-refractivity contribution in [2.75, 3.05) is 0 Å². The Balaban J connectivity index is 0.000000131. The lowest BCUT2D eigenvalue weighted by Gasteiger charge is -2.26. The lowest BCUT2D eigenvalue weighted by atomic mass is 9.77. The van der Waals surface area contributed by atoms with Gasteiger partial charge in [0.15, 0.2) is 0 Å². The minimum atomic E-state index is 0.0464. The summed E-state index contributed by atoms with van der Waals surface area (Å²) in [5.41, 5.74) is 11.8. The van der Waals surface area contributed by atoms with Crippen LogP contribution >= 0.6 is 0 Å². The van der Waals surface area contributed by atoms with Gasteiger partial charge in [0.25, 0.3) is 0 Å². The predicted molar refractivity (Wildman–Crippen MR) is 201 cm³/mol. The first-order valence-corrected chi connectivity index (χ1v) is 16.8. The van der Waals surface area contributed by atoms with Crippen LogP contribution in [-0.4, -0.2) is 0 Å². The predicted octanol–water partition coefficient (Wildman–Crippen LogP) is 13.1. The lowest BCUT2D eigenvalue weighted by molar-refractivity contribution is 0.647. The summed E-state index contributed by atoms with van der Waals surface area (Å²) in [7, 11) is 0. The van der Waals surface area contributed by atoms with Crippen LogP contribution in [0.5, 0.6) is 0 Å². The topological polar surface area (TPSA) is 0 Å². The molecule has 0 unspecified atom stereocenters. The zero-order valence-corrected chi connectivity index (χ0v) is 27.7. The van der Waals surface area contributed by atoms with E-state index < -0.39 is 0 Å². The van der Waals surface area contributed by atoms with Gasteiger partial charge in [-0.3, -0.25) is 0 Å². The van der Waals surface area contributed by atoms with E-state index in [1.165, 1.54) is 87.6 Å². The van der Waals surface area contributed by atoms with Crippen molar-refractivity contribution in [1.29, 1.82) is 0 Å². The van der Waals surface area contributed by atoms with Crippen molar-refractivity contribution >= 4 is 43.1 Å². The molecule has 224 valence electrons. The summed E-state index contributed by atoms with van der Waals surface area (Å²) in [4.78, 5) is 0. The van der Waals surface area contributed by atoms with Crippen molar-refractivity contribution in [3.8, 4) is 22.3 Å². The zero-order chi connectivity index (χ0) is 31.8. The molecule has 8 aromatic rings. The molecule has 46 heavy (non-hydrogen) atoms. The molecule has 0 aromatic heterocycles. The Morgan fingerprint density at radius 3 is 1.72 bits per heavy atom. The largest absolute Gasteiger partial charge is 0.0683 e. The smallest absolute Gasteiger partial charge is 0.0165 e. The molecule has 10 rings (SSSR count). The van der Waals surface area contributed by atoms with Gasteiger partial charge in [-0.15, -0.1) is 0 Å². The third-order valence-electron chi connectivity index (χ3n) is 10.6. The average Bonchev–Trinajstić information content (AvgIpc) is 3.48. The third kappa shape index (κ3) is 3.86. The van der Waals surface area contributed by atoms with Crippen LogP contribution in [0.3, 0.4) is 0 Å². The molecule has 0 saturated carbocycles. The Hall–Kier alpha value is -4.94.